The normalized spacial score (nSPS) is 18.0. The Morgan fingerprint density at radius 1 is 0.857 bits per heavy atom. The van der Waals surface area contributed by atoms with E-state index in [4.69, 9.17) is 14.2 Å². The summed E-state index contributed by atoms with van der Waals surface area (Å²) in [6.45, 7) is 18.3. The Kier molecular flexibility index (Phi) is 7.62. The molecule has 0 aromatic heterocycles. The smallest absolute Gasteiger partial charge is 0.0835 e. The summed E-state index contributed by atoms with van der Waals surface area (Å²) in [7, 11) is 0. The van der Waals surface area contributed by atoms with Gasteiger partial charge in [0.15, 0.2) is 0 Å². The van der Waals surface area contributed by atoms with Crippen LogP contribution < -0.4 is 0 Å². The molecule has 126 valence electrons. The molecule has 1 saturated heterocycles. The van der Waals surface area contributed by atoms with E-state index < -0.39 is 0 Å². The van der Waals surface area contributed by atoms with Crippen molar-refractivity contribution >= 4 is 0 Å². The van der Waals surface area contributed by atoms with E-state index in [1.54, 1.807) is 0 Å². The van der Waals surface area contributed by atoms with E-state index in [0.717, 1.165) is 52.3 Å². The van der Waals surface area contributed by atoms with Gasteiger partial charge in [-0.15, -0.1) is 0 Å². The maximum Gasteiger partial charge on any atom is 0.0835 e. The van der Waals surface area contributed by atoms with Crippen LogP contribution in [-0.2, 0) is 14.2 Å². The summed E-state index contributed by atoms with van der Waals surface area (Å²) in [6.07, 6.45) is 2.49. The van der Waals surface area contributed by atoms with Crippen molar-refractivity contribution in [1.29, 1.82) is 0 Å². The van der Waals surface area contributed by atoms with Gasteiger partial charge in [-0.05, 0) is 54.4 Å². The molecule has 0 radical (unpaired) electrons. The predicted molar refractivity (Wildman–Crippen MR) is 86.8 cm³/mol. The van der Waals surface area contributed by atoms with Crippen molar-refractivity contribution in [3.05, 3.63) is 0 Å². The SMILES string of the molecule is CC(C)(C)OCCCOCCCN1CC(OC(C)(C)C)C1. The lowest BCUT2D eigenvalue weighted by Crippen LogP contribution is -2.54. The molecule has 0 saturated carbocycles. The topological polar surface area (TPSA) is 30.9 Å². The minimum Gasteiger partial charge on any atom is -0.381 e. The van der Waals surface area contributed by atoms with Crippen LogP contribution in [0.1, 0.15) is 54.4 Å². The molecule has 21 heavy (non-hydrogen) atoms. The van der Waals surface area contributed by atoms with Gasteiger partial charge in [-0.2, -0.15) is 0 Å². The standard InChI is InChI=1S/C17H35NO3/c1-16(2,3)20-12-8-11-19-10-7-9-18-13-15(14-18)21-17(4,5)6/h15H,7-14H2,1-6H3. The van der Waals surface area contributed by atoms with Crippen LogP contribution in [-0.4, -0.2) is 61.7 Å². The Labute approximate surface area is 131 Å². The van der Waals surface area contributed by atoms with Crippen LogP contribution in [0.4, 0.5) is 0 Å². The first kappa shape index (κ1) is 18.9. The van der Waals surface area contributed by atoms with Gasteiger partial charge in [0.2, 0.25) is 0 Å². The third-order valence-electron chi connectivity index (χ3n) is 3.17. The fourth-order valence-corrected chi connectivity index (χ4v) is 2.31. The van der Waals surface area contributed by atoms with Crippen molar-refractivity contribution in [2.75, 3.05) is 39.5 Å². The average Bonchev–Trinajstić information content (AvgIpc) is 2.25. The lowest BCUT2D eigenvalue weighted by molar-refractivity contribution is -0.124. The van der Waals surface area contributed by atoms with Crippen molar-refractivity contribution in [3.8, 4) is 0 Å². The summed E-state index contributed by atoms with van der Waals surface area (Å²) in [4.78, 5) is 2.43. The number of hydrogen-bond acceptors (Lipinski definition) is 4. The first-order chi connectivity index (χ1) is 9.66. The first-order valence-electron chi connectivity index (χ1n) is 8.28. The minimum absolute atomic E-state index is 0.0189. The van der Waals surface area contributed by atoms with Gasteiger partial charge in [0, 0.05) is 39.5 Å². The Morgan fingerprint density at radius 3 is 2.05 bits per heavy atom. The molecule has 1 aliphatic rings. The predicted octanol–water partition coefficient (Wildman–Crippen LogP) is 3.10. The summed E-state index contributed by atoms with van der Waals surface area (Å²) in [6, 6.07) is 0. The zero-order valence-corrected chi connectivity index (χ0v) is 14.9. The van der Waals surface area contributed by atoms with Crippen molar-refractivity contribution in [2.45, 2.75) is 71.7 Å². The molecule has 4 nitrogen and oxygen atoms in total. The summed E-state index contributed by atoms with van der Waals surface area (Å²) >= 11 is 0. The average molecular weight is 301 g/mol. The molecular weight excluding hydrogens is 266 g/mol. The van der Waals surface area contributed by atoms with Crippen molar-refractivity contribution in [1.82, 2.24) is 4.90 Å². The highest BCUT2D eigenvalue weighted by Crippen LogP contribution is 2.18. The molecule has 0 aliphatic carbocycles. The van der Waals surface area contributed by atoms with Crippen LogP contribution in [0, 0.1) is 0 Å². The number of hydrogen-bond donors (Lipinski definition) is 0. The molecule has 0 aromatic carbocycles. The molecular formula is C17H35NO3. The second-order valence-electron chi connectivity index (χ2n) is 7.89. The molecule has 1 rings (SSSR count). The van der Waals surface area contributed by atoms with Gasteiger partial charge in [0.05, 0.1) is 17.3 Å². The first-order valence-corrected chi connectivity index (χ1v) is 8.28. The number of ether oxygens (including phenoxy) is 3. The summed E-state index contributed by atoms with van der Waals surface area (Å²) < 4.78 is 17.2. The highest BCUT2D eigenvalue weighted by Gasteiger charge is 2.30. The molecule has 1 aliphatic heterocycles. The van der Waals surface area contributed by atoms with Crippen molar-refractivity contribution in [2.24, 2.45) is 0 Å². The molecule has 4 heteroatoms. The molecule has 0 N–H and O–H groups in total. The summed E-state index contributed by atoms with van der Waals surface area (Å²) in [5, 5.41) is 0. The highest BCUT2D eigenvalue weighted by atomic mass is 16.5. The molecule has 0 unspecified atom stereocenters. The molecule has 1 fully saturated rings. The quantitative estimate of drug-likeness (QED) is 0.612. The van der Waals surface area contributed by atoms with E-state index in [0.29, 0.717) is 6.10 Å². The number of likely N-dealkylation sites (tertiary alicyclic amines) is 1. The lowest BCUT2D eigenvalue weighted by Gasteiger charge is -2.42. The Morgan fingerprint density at radius 2 is 1.48 bits per heavy atom. The fraction of sp³-hybridized carbons (Fsp3) is 1.00. The Balaban J connectivity index is 1.84. The van der Waals surface area contributed by atoms with Crippen LogP contribution in [0.3, 0.4) is 0 Å². The van der Waals surface area contributed by atoms with Gasteiger partial charge < -0.3 is 14.2 Å². The maximum absolute atomic E-state index is 5.92. The van der Waals surface area contributed by atoms with Crippen molar-refractivity contribution in [3.63, 3.8) is 0 Å². The van der Waals surface area contributed by atoms with Crippen LogP contribution in [0.5, 0.6) is 0 Å². The van der Waals surface area contributed by atoms with Crippen LogP contribution in [0.25, 0.3) is 0 Å². The molecule has 0 amide bonds. The second kappa shape index (κ2) is 8.47. The fourth-order valence-electron chi connectivity index (χ4n) is 2.31. The molecule has 0 spiro atoms. The van der Waals surface area contributed by atoms with E-state index in [1.165, 1.54) is 0 Å². The van der Waals surface area contributed by atoms with Gasteiger partial charge in [-0.3, -0.25) is 4.90 Å². The number of rotatable bonds is 9. The zero-order valence-electron chi connectivity index (χ0n) is 14.9. The Hall–Kier alpha value is -0.160. The van der Waals surface area contributed by atoms with Gasteiger partial charge in [-0.1, -0.05) is 0 Å². The summed E-state index contributed by atoms with van der Waals surface area (Å²) in [5.41, 5.74) is -0.0574. The van der Waals surface area contributed by atoms with Crippen molar-refractivity contribution < 1.29 is 14.2 Å². The number of nitrogens with zero attached hydrogens (tertiary/aromatic N) is 1. The van der Waals surface area contributed by atoms with E-state index in [-0.39, 0.29) is 11.2 Å². The monoisotopic (exact) mass is 301 g/mol. The summed E-state index contributed by atoms with van der Waals surface area (Å²) in [5.74, 6) is 0. The van der Waals surface area contributed by atoms with Gasteiger partial charge in [-0.25, -0.2) is 0 Å². The molecule has 0 atom stereocenters. The molecule has 0 aromatic rings. The van der Waals surface area contributed by atoms with Gasteiger partial charge in [0.25, 0.3) is 0 Å². The highest BCUT2D eigenvalue weighted by molar-refractivity contribution is 4.82. The van der Waals surface area contributed by atoms with E-state index in [2.05, 4.69) is 46.4 Å². The zero-order chi connectivity index (χ0) is 15.9. The van der Waals surface area contributed by atoms with Crippen LogP contribution >= 0.6 is 0 Å². The van der Waals surface area contributed by atoms with E-state index in [1.807, 2.05) is 0 Å². The third-order valence-corrected chi connectivity index (χ3v) is 3.17. The molecule has 1 heterocycles. The van der Waals surface area contributed by atoms with Gasteiger partial charge in [0.1, 0.15) is 0 Å². The van der Waals surface area contributed by atoms with E-state index in [9.17, 15) is 0 Å². The molecule has 0 bridgehead atoms. The minimum atomic E-state index is -0.0385. The lowest BCUT2D eigenvalue weighted by atomic mass is 10.1. The van der Waals surface area contributed by atoms with Gasteiger partial charge >= 0.3 is 0 Å². The third kappa shape index (κ3) is 10.2. The largest absolute Gasteiger partial charge is 0.381 e. The maximum atomic E-state index is 5.92. The second-order valence-corrected chi connectivity index (χ2v) is 7.89. The Bertz CT molecular complexity index is 275. The van der Waals surface area contributed by atoms with Crippen LogP contribution in [0.2, 0.25) is 0 Å². The van der Waals surface area contributed by atoms with Crippen LogP contribution in [0.15, 0.2) is 0 Å². The van der Waals surface area contributed by atoms with E-state index >= 15 is 0 Å².